The van der Waals surface area contributed by atoms with Crippen molar-refractivity contribution < 1.29 is 5.11 Å². The van der Waals surface area contributed by atoms with Crippen LogP contribution < -0.4 is 10.2 Å². The van der Waals surface area contributed by atoms with Crippen molar-refractivity contribution in [1.29, 1.82) is 0 Å². The lowest BCUT2D eigenvalue weighted by Crippen LogP contribution is -2.29. The molecule has 1 aromatic rings. The molecule has 0 radical (unpaired) electrons. The van der Waals surface area contributed by atoms with Crippen molar-refractivity contribution in [2.24, 2.45) is 0 Å². The molecule has 0 aliphatic carbocycles. The van der Waals surface area contributed by atoms with E-state index >= 15 is 0 Å². The van der Waals surface area contributed by atoms with Crippen LogP contribution in [-0.4, -0.2) is 41.3 Å². The summed E-state index contributed by atoms with van der Waals surface area (Å²) in [7, 11) is 0. The zero-order chi connectivity index (χ0) is 13.4. The molecule has 0 bridgehead atoms. The van der Waals surface area contributed by atoms with Gasteiger partial charge >= 0.3 is 0 Å². The van der Waals surface area contributed by atoms with Gasteiger partial charge in [-0.05, 0) is 28.8 Å². The summed E-state index contributed by atoms with van der Waals surface area (Å²) in [5.41, 5.74) is 0. The summed E-state index contributed by atoms with van der Waals surface area (Å²) < 4.78 is 0.861. The molecule has 102 valence electrons. The lowest BCUT2D eigenvalue weighted by atomic mass is 10.3. The number of anilines is 2. The molecule has 0 saturated carbocycles. The highest BCUT2D eigenvalue weighted by Crippen LogP contribution is 2.29. The Morgan fingerprint density at radius 1 is 1.28 bits per heavy atom. The van der Waals surface area contributed by atoms with E-state index in [1.807, 2.05) is 0 Å². The standard InChI is InChI=1S/C12H21BrN4O/c1-3-5-14-11-10(13)12(16-9-15-11)17(6-4-2)7-8-18/h9,18H,3-8H2,1-2H3,(H,14,15,16). The zero-order valence-electron chi connectivity index (χ0n) is 11.0. The minimum absolute atomic E-state index is 0.119. The first-order valence-electron chi connectivity index (χ1n) is 6.34. The third kappa shape index (κ3) is 4.10. The Morgan fingerprint density at radius 3 is 2.67 bits per heavy atom. The number of nitrogens with zero attached hydrogens (tertiary/aromatic N) is 3. The first kappa shape index (κ1) is 15.2. The van der Waals surface area contributed by atoms with Crippen molar-refractivity contribution in [3.63, 3.8) is 0 Å². The maximum Gasteiger partial charge on any atom is 0.148 e. The second kappa shape index (κ2) is 8.26. The van der Waals surface area contributed by atoms with Gasteiger partial charge in [-0.2, -0.15) is 0 Å². The molecule has 18 heavy (non-hydrogen) atoms. The van der Waals surface area contributed by atoms with Crippen molar-refractivity contribution in [3.05, 3.63) is 10.8 Å². The molecule has 0 atom stereocenters. The van der Waals surface area contributed by atoms with Gasteiger partial charge in [0.15, 0.2) is 0 Å². The Kier molecular flexibility index (Phi) is 6.97. The molecule has 2 N–H and O–H groups in total. The van der Waals surface area contributed by atoms with Crippen molar-refractivity contribution >= 4 is 27.6 Å². The molecule has 0 aliphatic rings. The van der Waals surface area contributed by atoms with Gasteiger partial charge < -0.3 is 15.3 Å². The van der Waals surface area contributed by atoms with Gasteiger partial charge in [0.05, 0.1) is 6.61 Å². The van der Waals surface area contributed by atoms with E-state index in [1.54, 1.807) is 6.33 Å². The summed E-state index contributed by atoms with van der Waals surface area (Å²) in [6.07, 6.45) is 3.60. The van der Waals surface area contributed by atoms with Crippen LogP contribution >= 0.6 is 15.9 Å². The van der Waals surface area contributed by atoms with Crippen LogP contribution in [-0.2, 0) is 0 Å². The van der Waals surface area contributed by atoms with Gasteiger partial charge in [-0.3, -0.25) is 0 Å². The first-order chi connectivity index (χ1) is 8.74. The fourth-order valence-electron chi connectivity index (χ4n) is 1.66. The van der Waals surface area contributed by atoms with E-state index in [-0.39, 0.29) is 6.61 Å². The summed E-state index contributed by atoms with van der Waals surface area (Å²) in [6, 6.07) is 0. The van der Waals surface area contributed by atoms with Crippen LogP contribution in [0.2, 0.25) is 0 Å². The monoisotopic (exact) mass is 316 g/mol. The molecule has 1 heterocycles. The van der Waals surface area contributed by atoms with Crippen LogP contribution in [0.1, 0.15) is 26.7 Å². The van der Waals surface area contributed by atoms with Crippen molar-refractivity contribution in [1.82, 2.24) is 9.97 Å². The molecule has 0 saturated heterocycles. The van der Waals surface area contributed by atoms with Gasteiger partial charge in [-0.25, -0.2) is 9.97 Å². The Balaban J connectivity index is 2.91. The van der Waals surface area contributed by atoms with Gasteiger partial charge in [0.2, 0.25) is 0 Å². The Morgan fingerprint density at radius 2 is 2.06 bits per heavy atom. The topological polar surface area (TPSA) is 61.3 Å². The molecule has 0 amide bonds. The van der Waals surface area contributed by atoms with Crippen molar-refractivity contribution in [2.75, 3.05) is 36.5 Å². The highest BCUT2D eigenvalue weighted by atomic mass is 79.9. The maximum absolute atomic E-state index is 9.11. The quantitative estimate of drug-likeness (QED) is 0.770. The average molecular weight is 317 g/mol. The van der Waals surface area contributed by atoms with Gasteiger partial charge in [0, 0.05) is 19.6 Å². The maximum atomic E-state index is 9.11. The summed E-state index contributed by atoms with van der Waals surface area (Å²) in [5.74, 6) is 1.64. The van der Waals surface area contributed by atoms with Gasteiger partial charge in [-0.1, -0.05) is 13.8 Å². The molecule has 0 unspecified atom stereocenters. The molecule has 0 aliphatic heterocycles. The van der Waals surface area contributed by atoms with E-state index in [1.165, 1.54) is 0 Å². The molecule has 5 nitrogen and oxygen atoms in total. The van der Waals surface area contributed by atoms with E-state index in [4.69, 9.17) is 5.11 Å². The third-order valence-corrected chi connectivity index (χ3v) is 3.21. The lowest BCUT2D eigenvalue weighted by molar-refractivity contribution is 0.301. The second-order valence-electron chi connectivity index (χ2n) is 4.00. The number of aliphatic hydroxyl groups is 1. The van der Waals surface area contributed by atoms with Crippen LogP contribution in [0.3, 0.4) is 0 Å². The predicted octanol–water partition coefficient (Wildman–Crippen LogP) is 2.27. The number of nitrogens with one attached hydrogen (secondary N) is 1. The number of aromatic nitrogens is 2. The van der Waals surface area contributed by atoms with Crippen LogP contribution in [0.15, 0.2) is 10.8 Å². The van der Waals surface area contributed by atoms with E-state index in [0.29, 0.717) is 6.54 Å². The summed E-state index contributed by atoms with van der Waals surface area (Å²) >= 11 is 3.54. The number of halogens is 1. The Bertz CT molecular complexity index is 356. The number of aliphatic hydroxyl groups excluding tert-OH is 1. The lowest BCUT2D eigenvalue weighted by Gasteiger charge is -2.23. The number of hydrogen-bond donors (Lipinski definition) is 2. The van der Waals surface area contributed by atoms with E-state index in [9.17, 15) is 0 Å². The van der Waals surface area contributed by atoms with Crippen LogP contribution in [0.4, 0.5) is 11.6 Å². The van der Waals surface area contributed by atoms with Gasteiger partial charge in [0.25, 0.3) is 0 Å². The zero-order valence-corrected chi connectivity index (χ0v) is 12.6. The van der Waals surface area contributed by atoms with Crippen LogP contribution in [0.25, 0.3) is 0 Å². The molecular weight excluding hydrogens is 296 g/mol. The first-order valence-corrected chi connectivity index (χ1v) is 7.14. The molecule has 0 fully saturated rings. The highest BCUT2D eigenvalue weighted by molar-refractivity contribution is 9.10. The minimum Gasteiger partial charge on any atom is -0.395 e. The van der Waals surface area contributed by atoms with Gasteiger partial charge in [0.1, 0.15) is 22.4 Å². The molecule has 0 aromatic carbocycles. The largest absolute Gasteiger partial charge is 0.395 e. The minimum atomic E-state index is 0.119. The normalized spacial score (nSPS) is 10.4. The van der Waals surface area contributed by atoms with Crippen LogP contribution in [0.5, 0.6) is 0 Å². The van der Waals surface area contributed by atoms with Crippen molar-refractivity contribution in [3.8, 4) is 0 Å². The smallest absolute Gasteiger partial charge is 0.148 e. The van der Waals surface area contributed by atoms with Crippen LogP contribution in [0, 0.1) is 0 Å². The molecular formula is C12H21BrN4O. The molecule has 6 heteroatoms. The SMILES string of the molecule is CCCNc1ncnc(N(CCC)CCO)c1Br. The number of hydrogen-bond acceptors (Lipinski definition) is 5. The predicted molar refractivity (Wildman–Crippen MR) is 78.1 cm³/mol. The van der Waals surface area contributed by atoms with E-state index in [2.05, 4.69) is 50.0 Å². The summed E-state index contributed by atoms with van der Waals surface area (Å²) in [4.78, 5) is 10.6. The Labute approximate surface area is 117 Å². The average Bonchev–Trinajstić information content (AvgIpc) is 2.37. The highest BCUT2D eigenvalue weighted by Gasteiger charge is 2.14. The Hall–Kier alpha value is -0.880. The van der Waals surface area contributed by atoms with E-state index in [0.717, 1.165) is 42.0 Å². The summed E-state index contributed by atoms with van der Waals surface area (Å²) in [6.45, 7) is 6.66. The molecule has 1 aromatic heterocycles. The summed E-state index contributed by atoms with van der Waals surface area (Å²) in [5, 5.41) is 12.4. The number of rotatable bonds is 8. The second-order valence-corrected chi connectivity index (χ2v) is 4.79. The van der Waals surface area contributed by atoms with Gasteiger partial charge in [-0.15, -0.1) is 0 Å². The fourth-order valence-corrected chi connectivity index (χ4v) is 2.26. The van der Waals surface area contributed by atoms with E-state index < -0.39 is 0 Å². The third-order valence-electron chi connectivity index (χ3n) is 2.48. The van der Waals surface area contributed by atoms with Crippen molar-refractivity contribution in [2.45, 2.75) is 26.7 Å². The fraction of sp³-hybridized carbons (Fsp3) is 0.667. The molecule has 1 rings (SSSR count). The molecule has 0 spiro atoms.